The first-order chi connectivity index (χ1) is 8.29. The van der Waals surface area contributed by atoms with E-state index < -0.39 is 0 Å². The van der Waals surface area contributed by atoms with Gasteiger partial charge in [0.25, 0.3) is 0 Å². The Bertz CT molecular complexity index is 244. The second-order valence-corrected chi connectivity index (χ2v) is 4.60. The number of nitrogens with zero attached hydrogens (tertiary/aromatic N) is 1. The first-order valence-corrected chi connectivity index (χ1v) is 6.73. The zero-order valence-corrected chi connectivity index (χ0v) is 10.8. The third-order valence-corrected chi connectivity index (χ3v) is 3.37. The number of rotatable bonds is 8. The fraction of sp³-hybridized carbons (Fsp3) is 0.846. The van der Waals surface area contributed by atoms with Crippen LogP contribution in [0.4, 0.5) is 0 Å². The van der Waals surface area contributed by atoms with Crippen LogP contribution in [0.25, 0.3) is 0 Å². The van der Waals surface area contributed by atoms with Gasteiger partial charge in [0.2, 0.25) is 5.91 Å². The van der Waals surface area contributed by atoms with Gasteiger partial charge in [-0.25, -0.2) is 0 Å². The lowest BCUT2D eigenvalue weighted by molar-refractivity contribution is -0.136. The largest absolute Gasteiger partial charge is 0.340 e. The number of hydrogen-bond donors (Lipinski definition) is 1. The monoisotopic (exact) mass is 240 g/mol. The van der Waals surface area contributed by atoms with E-state index in [2.05, 4.69) is 12.2 Å². The molecule has 0 saturated carbocycles. The van der Waals surface area contributed by atoms with Crippen LogP contribution >= 0.6 is 0 Å². The van der Waals surface area contributed by atoms with Crippen LogP contribution in [0.3, 0.4) is 0 Å². The Labute approximate surface area is 104 Å². The van der Waals surface area contributed by atoms with Gasteiger partial charge in [-0.2, -0.15) is 0 Å². The van der Waals surface area contributed by atoms with E-state index in [4.69, 9.17) is 0 Å². The molecule has 1 heterocycles. The highest BCUT2D eigenvalue weighted by Gasteiger charge is 2.24. The summed E-state index contributed by atoms with van der Waals surface area (Å²) in [6, 6.07) is 0.367. The van der Waals surface area contributed by atoms with Gasteiger partial charge in [-0.15, -0.1) is 0 Å². The van der Waals surface area contributed by atoms with Crippen molar-refractivity contribution in [3.8, 4) is 0 Å². The van der Waals surface area contributed by atoms with Gasteiger partial charge in [-0.3, -0.25) is 4.79 Å². The van der Waals surface area contributed by atoms with Crippen LogP contribution in [0.1, 0.15) is 45.4 Å². The molecule has 1 fully saturated rings. The lowest BCUT2D eigenvalue weighted by atomic mass is 10.0. The van der Waals surface area contributed by atoms with Gasteiger partial charge in [0.05, 0.1) is 0 Å². The van der Waals surface area contributed by atoms with Crippen LogP contribution in [-0.4, -0.2) is 42.8 Å². The lowest BCUT2D eigenvalue weighted by Crippen LogP contribution is -2.44. The van der Waals surface area contributed by atoms with Gasteiger partial charge in [-0.05, 0) is 32.2 Å². The predicted molar refractivity (Wildman–Crippen MR) is 67.8 cm³/mol. The Balaban J connectivity index is 2.26. The van der Waals surface area contributed by atoms with Gasteiger partial charge in [0, 0.05) is 32.0 Å². The number of likely N-dealkylation sites (tertiary alicyclic amines) is 1. The fourth-order valence-electron chi connectivity index (χ4n) is 2.35. The molecule has 4 heteroatoms. The number of nitrogens with one attached hydrogen (secondary N) is 1. The van der Waals surface area contributed by atoms with Crippen molar-refractivity contribution in [2.75, 3.05) is 19.6 Å². The molecule has 1 aliphatic heterocycles. The number of carbonyl (C=O) groups is 2. The highest BCUT2D eigenvalue weighted by molar-refractivity contribution is 5.77. The second kappa shape index (κ2) is 8.23. The van der Waals surface area contributed by atoms with Crippen molar-refractivity contribution >= 4 is 12.2 Å². The molecule has 0 aliphatic carbocycles. The fourth-order valence-corrected chi connectivity index (χ4v) is 2.35. The molecule has 4 nitrogen and oxygen atoms in total. The Morgan fingerprint density at radius 1 is 1.41 bits per heavy atom. The maximum Gasteiger partial charge on any atom is 0.222 e. The third-order valence-electron chi connectivity index (χ3n) is 3.37. The molecule has 17 heavy (non-hydrogen) atoms. The summed E-state index contributed by atoms with van der Waals surface area (Å²) in [4.78, 5) is 24.0. The van der Waals surface area contributed by atoms with E-state index in [1.165, 1.54) is 0 Å². The van der Waals surface area contributed by atoms with Crippen LogP contribution in [0.5, 0.6) is 0 Å². The Morgan fingerprint density at radius 2 is 2.24 bits per heavy atom. The Hall–Kier alpha value is -0.900. The summed E-state index contributed by atoms with van der Waals surface area (Å²) in [6.07, 6.45) is 6.40. The number of aldehydes is 1. The molecule has 1 rings (SSSR count). The van der Waals surface area contributed by atoms with Crippen molar-refractivity contribution in [3.05, 3.63) is 0 Å². The molecule has 1 atom stereocenters. The average Bonchev–Trinajstić information content (AvgIpc) is 2.35. The van der Waals surface area contributed by atoms with E-state index in [9.17, 15) is 9.59 Å². The van der Waals surface area contributed by atoms with Gasteiger partial charge >= 0.3 is 0 Å². The summed E-state index contributed by atoms with van der Waals surface area (Å²) in [7, 11) is 0. The average molecular weight is 240 g/mol. The normalized spacial score (nSPS) is 18.2. The van der Waals surface area contributed by atoms with E-state index in [1.807, 2.05) is 4.90 Å². The first kappa shape index (κ1) is 14.2. The zero-order valence-electron chi connectivity index (χ0n) is 10.8. The third kappa shape index (κ3) is 4.86. The molecule has 98 valence electrons. The molecule has 0 aromatic heterocycles. The highest BCUT2D eigenvalue weighted by Crippen LogP contribution is 2.17. The maximum atomic E-state index is 11.8. The van der Waals surface area contributed by atoms with Crippen LogP contribution in [-0.2, 0) is 9.59 Å². The number of piperidine rings is 1. The van der Waals surface area contributed by atoms with Crippen molar-refractivity contribution in [2.24, 2.45) is 0 Å². The molecule has 1 unspecified atom stereocenters. The number of amides is 1. The SMILES string of the molecule is CCC(CCNCCC=O)N1CCCCC1=O. The summed E-state index contributed by atoms with van der Waals surface area (Å²) >= 11 is 0. The van der Waals surface area contributed by atoms with Crippen LogP contribution in [0.15, 0.2) is 0 Å². The van der Waals surface area contributed by atoms with Crippen molar-refractivity contribution in [1.82, 2.24) is 10.2 Å². The van der Waals surface area contributed by atoms with E-state index >= 15 is 0 Å². The first-order valence-electron chi connectivity index (χ1n) is 6.73. The predicted octanol–water partition coefficient (Wildman–Crippen LogP) is 1.35. The molecule has 0 aromatic rings. The molecule has 1 aliphatic rings. The van der Waals surface area contributed by atoms with E-state index in [0.717, 1.165) is 58.0 Å². The molecule has 1 saturated heterocycles. The molecule has 0 radical (unpaired) electrons. The zero-order chi connectivity index (χ0) is 12.5. The molecule has 1 amide bonds. The van der Waals surface area contributed by atoms with Crippen molar-refractivity contribution in [1.29, 1.82) is 0 Å². The lowest BCUT2D eigenvalue weighted by Gasteiger charge is -2.34. The van der Waals surface area contributed by atoms with E-state index in [0.29, 0.717) is 18.4 Å². The minimum absolute atomic E-state index is 0.316. The summed E-state index contributed by atoms with van der Waals surface area (Å²) < 4.78 is 0. The standard InChI is InChI=1S/C13H24N2O2/c1-2-12(7-9-14-8-5-11-16)15-10-4-3-6-13(15)17/h11-12,14H,2-10H2,1H3. The Morgan fingerprint density at radius 3 is 2.88 bits per heavy atom. The Kier molecular flexibility index (Phi) is 6.86. The molecular formula is C13H24N2O2. The second-order valence-electron chi connectivity index (χ2n) is 4.60. The van der Waals surface area contributed by atoms with Gasteiger partial charge in [0.1, 0.15) is 6.29 Å². The van der Waals surface area contributed by atoms with E-state index in [-0.39, 0.29) is 0 Å². The van der Waals surface area contributed by atoms with Crippen LogP contribution < -0.4 is 5.32 Å². The van der Waals surface area contributed by atoms with Gasteiger partial charge in [-0.1, -0.05) is 6.92 Å². The van der Waals surface area contributed by atoms with Crippen molar-refractivity contribution < 1.29 is 9.59 Å². The highest BCUT2D eigenvalue weighted by atomic mass is 16.2. The van der Waals surface area contributed by atoms with Crippen molar-refractivity contribution in [2.45, 2.75) is 51.5 Å². The molecular weight excluding hydrogens is 216 g/mol. The minimum Gasteiger partial charge on any atom is -0.340 e. The summed E-state index contributed by atoms with van der Waals surface area (Å²) in [5.74, 6) is 0.316. The molecule has 0 bridgehead atoms. The quantitative estimate of drug-likeness (QED) is 0.514. The van der Waals surface area contributed by atoms with Gasteiger partial charge in [0.15, 0.2) is 0 Å². The smallest absolute Gasteiger partial charge is 0.222 e. The van der Waals surface area contributed by atoms with Crippen molar-refractivity contribution in [3.63, 3.8) is 0 Å². The summed E-state index contributed by atoms with van der Waals surface area (Å²) in [5.41, 5.74) is 0. The topological polar surface area (TPSA) is 49.4 Å². The van der Waals surface area contributed by atoms with Gasteiger partial charge < -0.3 is 15.0 Å². The summed E-state index contributed by atoms with van der Waals surface area (Å²) in [6.45, 7) is 4.69. The number of carbonyl (C=O) groups excluding carboxylic acids is 2. The van der Waals surface area contributed by atoms with Crippen LogP contribution in [0, 0.1) is 0 Å². The minimum atomic E-state index is 0.316. The molecule has 0 aromatic carbocycles. The molecule has 0 spiro atoms. The van der Waals surface area contributed by atoms with Crippen LogP contribution in [0.2, 0.25) is 0 Å². The maximum absolute atomic E-state index is 11.8. The van der Waals surface area contributed by atoms with E-state index in [1.54, 1.807) is 0 Å². The summed E-state index contributed by atoms with van der Waals surface area (Å²) in [5, 5.41) is 3.24. The number of hydrogen-bond acceptors (Lipinski definition) is 3. The molecule has 1 N–H and O–H groups in total.